The second kappa shape index (κ2) is 4.72. The van der Waals surface area contributed by atoms with E-state index in [2.05, 4.69) is 21.7 Å². The number of hydrogen-bond donors (Lipinski definition) is 2. The van der Waals surface area contributed by atoms with Crippen LogP contribution < -0.4 is 11.1 Å². The fourth-order valence-corrected chi connectivity index (χ4v) is 2.02. The first-order chi connectivity index (χ1) is 9.69. The highest BCUT2D eigenvalue weighted by molar-refractivity contribution is 6.31. The number of fused-ring (bicyclic) bond motifs is 1. The molecule has 0 aliphatic rings. The zero-order chi connectivity index (χ0) is 14.1. The minimum atomic E-state index is 0.468. The summed E-state index contributed by atoms with van der Waals surface area (Å²) in [6, 6.07) is 10.5. The third-order valence-corrected chi connectivity index (χ3v) is 3.05. The lowest BCUT2D eigenvalue weighted by Gasteiger charge is -2.09. The van der Waals surface area contributed by atoms with Gasteiger partial charge in [0.25, 0.3) is 0 Å². The van der Waals surface area contributed by atoms with Gasteiger partial charge < -0.3 is 11.1 Å². The molecular formula is C13H8ClN5O. The van der Waals surface area contributed by atoms with Crippen molar-refractivity contribution in [2.24, 2.45) is 0 Å². The van der Waals surface area contributed by atoms with E-state index >= 15 is 0 Å². The molecule has 1 heterocycles. The number of nitrogens with two attached hydrogens (primary N) is 1. The molecule has 98 valence electrons. The molecule has 7 heteroatoms. The molecule has 0 saturated carbocycles. The molecule has 0 saturated heterocycles. The summed E-state index contributed by atoms with van der Waals surface area (Å²) in [5.41, 5.74) is 8.89. The van der Waals surface area contributed by atoms with Crippen LogP contribution in [0.3, 0.4) is 0 Å². The molecule has 0 amide bonds. The Morgan fingerprint density at radius 2 is 1.95 bits per heavy atom. The third-order valence-electron chi connectivity index (χ3n) is 2.82. The van der Waals surface area contributed by atoms with E-state index in [9.17, 15) is 0 Å². The topological polar surface area (TPSA) is 101 Å². The summed E-state index contributed by atoms with van der Waals surface area (Å²) in [6.07, 6.45) is 0. The van der Waals surface area contributed by atoms with Crippen LogP contribution in [0.4, 0.5) is 17.1 Å². The molecule has 3 N–H and O–H groups in total. The van der Waals surface area contributed by atoms with Crippen LogP contribution in [-0.4, -0.2) is 10.3 Å². The van der Waals surface area contributed by atoms with E-state index in [4.69, 9.17) is 27.2 Å². The highest BCUT2D eigenvalue weighted by atomic mass is 35.5. The summed E-state index contributed by atoms with van der Waals surface area (Å²) in [5, 5.41) is 20.3. The van der Waals surface area contributed by atoms with Gasteiger partial charge in [-0.2, -0.15) is 5.26 Å². The largest absolute Gasteiger partial charge is 0.397 e. The zero-order valence-electron chi connectivity index (χ0n) is 10.1. The first-order valence-electron chi connectivity index (χ1n) is 5.66. The minimum absolute atomic E-state index is 0.468. The van der Waals surface area contributed by atoms with Crippen molar-refractivity contribution in [2.45, 2.75) is 0 Å². The van der Waals surface area contributed by atoms with Gasteiger partial charge in [0.15, 0.2) is 11.0 Å². The maximum Gasteiger partial charge on any atom is 0.160 e. The predicted molar refractivity (Wildman–Crippen MR) is 75.7 cm³/mol. The highest BCUT2D eigenvalue weighted by Crippen LogP contribution is 2.30. The third kappa shape index (κ3) is 2.00. The molecular weight excluding hydrogens is 278 g/mol. The maximum absolute atomic E-state index is 9.11. The number of hydrogen-bond acceptors (Lipinski definition) is 6. The lowest BCUT2D eigenvalue weighted by molar-refractivity contribution is 0.316. The second-order valence-electron chi connectivity index (χ2n) is 4.09. The second-order valence-corrected chi connectivity index (χ2v) is 4.53. The van der Waals surface area contributed by atoms with E-state index in [-0.39, 0.29) is 0 Å². The van der Waals surface area contributed by atoms with Crippen LogP contribution in [0.5, 0.6) is 0 Å². The van der Waals surface area contributed by atoms with E-state index in [1.54, 1.807) is 30.3 Å². The van der Waals surface area contributed by atoms with Crippen molar-refractivity contribution in [3.8, 4) is 6.07 Å². The summed E-state index contributed by atoms with van der Waals surface area (Å²) >= 11 is 5.95. The fraction of sp³-hybridized carbons (Fsp3) is 0. The molecule has 0 aliphatic heterocycles. The Kier molecular flexibility index (Phi) is 2.89. The number of halogens is 1. The van der Waals surface area contributed by atoms with Gasteiger partial charge in [0.2, 0.25) is 0 Å². The zero-order valence-corrected chi connectivity index (χ0v) is 10.8. The Balaban J connectivity index is 2.11. The van der Waals surface area contributed by atoms with Gasteiger partial charge in [0.1, 0.15) is 6.07 Å². The monoisotopic (exact) mass is 285 g/mol. The molecule has 0 aliphatic carbocycles. The lowest BCUT2D eigenvalue weighted by atomic mass is 10.1. The Labute approximate surface area is 118 Å². The van der Waals surface area contributed by atoms with Gasteiger partial charge in [-0.1, -0.05) is 11.6 Å². The number of nitriles is 1. The molecule has 1 aromatic heterocycles. The van der Waals surface area contributed by atoms with Gasteiger partial charge in [-0.3, -0.25) is 0 Å². The van der Waals surface area contributed by atoms with Crippen molar-refractivity contribution in [1.29, 1.82) is 5.26 Å². The molecule has 2 aromatic carbocycles. The minimum Gasteiger partial charge on any atom is -0.397 e. The number of nitrogens with one attached hydrogen (secondary N) is 1. The Morgan fingerprint density at radius 1 is 1.15 bits per heavy atom. The SMILES string of the molecule is N#Cc1ccc(Cl)cc1Nc1ccc(N)c2nonc12. The van der Waals surface area contributed by atoms with E-state index in [1.165, 1.54) is 0 Å². The van der Waals surface area contributed by atoms with Crippen molar-refractivity contribution in [2.75, 3.05) is 11.1 Å². The van der Waals surface area contributed by atoms with Crippen LogP contribution in [0.25, 0.3) is 11.0 Å². The van der Waals surface area contributed by atoms with Crippen molar-refractivity contribution < 1.29 is 4.63 Å². The van der Waals surface area contributed by atoms with Crippen molar-refractivity contribution in [3.63, 3.8) is 0 Å². The quantitative estimate of drug-likeness (QED) is 0.702. The smallest absolute Gasteiger partial charge is 0.160 e. The normalized spacial score (nSPS) is 10.4. The van der Waals surface area contributed by atoms with E-state index < -0.39 is 0 Å². The Morgan fingerprint density at radius 3 is 2.75 bits per heavy atom. The summed E-state index contributed by atoms with van der Waals surface area (Å²) in [5.74, 6) is 0. The van der Waals surface area contributed by atoms with E-state index in [0.29, 0.717) is 38.7 Å². The van der Waals surface area contributed by atoms with Crippen LogP contribution in [0.2, 0.25) is 5.02 Å². The molecule has 0 bridgehead atoms. The number of rotatable bonds is 2. The molecule has 0 radical (unpaired) electrons. The number of nitrogen functional groups attached to an aromatic ring is 1. The maximum atomic E-state index is 9.11. The predicted octanol–water partition coefficient (Wildman–Crippen LogP) is 3.07. The molecule has 0 fully saturated rings. The van der Waals surface area contributed by atoms with Crippen LogP contribution in [-0.2, 0) is 0 Å². The average molecular weight is 286 g/mol. The molecule has 6 nitrogen and oxygen atoms in total. The average Bonchev–Trinajstić information content (AvgIpc) is 2.93. The van der Waals surface area contributed by atoms with Crippen molar-refractivity contribution in [1.82, 2.24) is 10.3 Å². The van der Waals surface area contributed by atoms with Crippen LogP contribution in [0.1, 0.15) is 5.56 Å². The van der Waals surface area contributed by atoms with Crippen LogP contribution >= 0.6 is 11.6 Å². The van der Waals surface area contributed by atoms with Gasteiger partial charge in [0.05, 0.1) is 22.6 Å². The van der Waals surface area contributed by atoms with Gasteiger partial charge in [0, 0.05) is 5.02 Å². The van der Waals surface area contributed by atoms with Gasteiger partial charge in [-0.05, 0) is 40.6 Å². The molecule has 0 spiro atoms. The first-order valence-corrected chi connectivity index (χ1v) is 6.04. The molecule has 20 heavy (non-hydrogen) atoms. The van der Waals surface area contributed by atoms with E-state index in [0.717, 1.165) is 0 Å². The van der Waals surface area contributed by atoms with Crippen molar-refractivity contribution in [3.05, 3.63) is 40.9 Å². The van der Waals surface area contributed by atoms with Gasteiger partial charge in [-0.15, -0.1) is 0 Å². The lowest BCUT2D eigenvalue weighted by Crippen LogP contribution is -1.96. The van der Waals surface area contributed by atoms with Crippen molar-refractivity contribution >= 4 is 39.7 Å². The summed E-state index contributed by atoms with van der Waals surface area (Å²) in [4.78, 5) is 0. The number of anilines is 3. The summed E-state index contributed by atoms with van der Waals surface area (Å²) in [7, 11) is 0. The Bertz CT molecular complexity index is 836. The highest BCUT2D eigenvalue weighted by Gasteiger charge is 2.11. The molecule has 3 aromatic rings. The summed E-state index contributed by atoms with van der Waals surface area (Å²) < 4.78 is 4.69. The van der Waals surface area contributed by atoms with Gasteiger partial charge in [-0.25, -0.2) is 4.63 Å². The number of benzene rings is 2. The van der Waals surface area contributed by atoms with Gasteiger partial charge >= 0.3 is 0 Å². The fourth-order valence-electron chi connectivity index (χ4n) is 1.85. The molecule has 0 atom stereocenters. The number of nitrogens with zero attached hydrogens (tertiary/aromatic N) is 3. The number of aromatic nitrogens is 2. The first kappa shape index (κ1) is 12.3. The molecule has 0 unspecified atom stereocenters. The molecule has 3 rings (SSSR count). The Hall–Kier alpha value is -2.78. The summed E-state index contributed by atoms with van der Waals surface area (Å²) in [6.45, 7) is 0. The van der Waals surface area contributed by atoms with E-state index in [1.807, 2.05) is 0 Å². The van der Waals surface area contributed by atoms with Crippen LogP contribution in [0, 0.1) is 11.3 Å². The standard InChI is InChI=1S/C13H8ClN5O/c14-8-2-1-7(6-15)11(5-8)17-10-4-3-9(16)12-13(10)19-20-18-12/h1-5,17H,16H2. The van der Waals surface area contributed by atoms with Crippen LogP contribution in [0.15, 0.2) is 35.0 Å².